The average molecular weight is 450 g/mol. The molecule has 6 nitrogen and oxygen atoms in total. The van der Waals surface area contributed by atoms with Gasteiger partial charge >= 0.3 is 0 Å². The fourth-order valence-corrected chi connectivity index (χ4v) is 5.68. The molecule has 1 aromatic heterocycles. The van der Waals surface area contributed by atoms with Crippen LogP contribution >= 0.6 is 11.6 Å². The highest BCUT2D eigenvalue weighted by Crippen LogP contribution is 2.28. The summed E-state index contributed by atoms with van der Waals surface area (Å²) in [7, 11) is -3.72. The van der Waals surface area contributed by atoms with Crippen molar-refractivity contribution in [3.05, 3.63) is 59.4 Å². The van der Waals surface area contributed by atoms with Crippen molar-refractivity contribution < 1.29 is 13.2 Å². The Balaban J connectivity index is 1.64. The summed E-state index contributed by atoms with van der Waals surface area (Å²) in [6.45, 7) is 4.83. The molecule has 1 unspecified atom stereocenters. The van der Waals surface area contributed by atoms with Crippen molar-refractivity contribution in [2.45, 2.75) is 44.0 Å². The first-order valence-electron chi connectivity index (χ1n) is 10.2. The normalized spacial score (nSPS) is 17.1. The topological polar surface area (TPSA) is 79.4 Å². The number of hydrogen-bond acceptors (Lipinski definition) is 4. The van der Waals surface area contributed by atoms with Crippen LogP contribution in [0.1, 0.15) is 44.7 Å². The molecule has 0 spiro atoms. The molecule has 30 heavy (non-hydrogen) atoms. The van der Waals surface area contributed by atoms with E-state index in [1.165, 1.54) is 16.6 Å². The highest BCUT2D eigenvalue weighted by Gasteiger charge is 2.34. The number of hydrogen-bond donors (Lipinski definition) is 1. The first-order chi connectivity index (χ1) is 14.3. The van der Waals surface area contributed by atoms with Gasteiger partial charge in [-0.25, -0.2) is 13.4 Å². The Kier molecular flexibility index (Phi) is 7.50. The number of carbonyl (C=O) groups is 1. The van der Waals surface area contributed by atoms with Gasteiger partial charge in [-0.3, -0.25) is 4.79 Å². The second kappa shape index (κ2) is 9.90. The maximum atomic E-state index is 12.9. The largest absolute Gasteiger partial charge is 0.349 e. The van der Waals surface area contributed by atoms with Crippen molar-refractivity contribution in [3.63, 3.8) is 0 Å². The molecule has 2 aromatic rings. The van der Waals surface area contributed by atoms with Crippen molar-refractivity contribution in [1.82, 2.24) is 14.6 Å². The van der Waals surface area contributed by atoms with Gasteiger partial charge in [-0.2, -0.15) is 4.31 Å². The number of piperidine rings is 1. The average Bonchev–Trinajstić information content (AvgIpc) is 2.74. The highest BCUT2D eigenvalue weighted by atomic mass is 35.5. The molecular formula is C22H28ClN3O3S. The zero-order valence-corrected chi connectivity index (χ0v) is 18.9. The Morgan fingerprint density at radius 2 is 1.83 bits per heavy atom. The van der Waals surface area contributed by atoms with Crippen molar-refractivity contribution in [3.8, 4) is 0 Å². The molecule has 1 N–H and O–H groups in total. The molecule has 0 bridgehead atoms. The van der Waals surface area contributed by atoms with E-state index >= 15 is 0 Å². The number of pyridine rings is 1. The predicted octanol–water partition coefficient (Wildman–Crippen LogP) is 4.04. The van der Waals surface area contributed by atoms with Crippen LogP contribution in [0.5, 0.6) is 0 Å². The van der Waals surface area contributed by atoms with Crippen LogP contribution in [-0.2, 0) is 14.8 Å². The third kappa shape index (κ3) is 5.39. The SMILES string of the molecule is CC(C)CC(NC(=O)C1CCN(S(=O)(=O)c2cccnc2Cl)CC1)c1ccccc1. The molecule has 3 rings (SSSR count). The second-order valence-electron chi connectivity index (χ2n) is 8.07. The van der Waals surface area contributed by atoms with Gasteiger partial charge in [-0.05, 0) is 42.9 Å². The van der Waals surface area contributed by atoms with Crippen LogP contribution in [0.2, 0.25) is 5.15 Å². The summed E-state index contributed by atoms with van der Waals surface area (Å²) in [6, 6.07) is 12.9. The molecule has 162 valence electrons. The lowest BCUT2D eigenvalue weighted by Crippen LogP contribution is -2.43. The molecule has 8 heteroatoms. The Morgan fingerprint density at radius 1 is 1.17 bits per heavy atom. The lowest BCUT2D eigenvalue weighted by molar-refractivity contribution is -0.127. The third-order valence-electron chi connectivity index (χ3n) is 5.39. The van der Waals surface area contributed by atoms with E-state index in [0.717, 1.165) is 12.0 Å². The second-order valence-corrected chi connectivity index (χ2v) is 10.3. The van der Waals surface area contributed by atoms with Gasteiger partial charge < -0.3 is 5.32 Å². The molecule has 1 aliphatic heterocycles. The summed E-state index contributed by atoms with van der Waals surface area (Å²) < 4.78 is 27.1. The minimum Gasteiger partial charge on any atom is -0.349 e. The van der Waals surface area contributed by atoms with Crippen LogP contribution in [0.25, 0.3) is 0 Å². The van der Waals surface area contributed by atoms with Crippen LogP contribution in [-0.4, -0.2) is 36.7 Å². The molecule has 0 saturated carbocycles. The Hall–Kier alpha value is -1.96. The maximum absolute atomic E-state index is 12.9. The molecule has 1 aliphatic rings. The van der Waals surface area contributed by atoms with Gasteiger partial charge in [0.1, 0.15) is 10.0 Å². The Morgan fingerprint density at radius 3 is 2.43 bits per heavy atom. The van der Waals surface area contributed by atoms with E-state index < -0.39 is 10.0 Å². The first-order valence-corrected chi connectivity index (χ1v) is 12.1. The number of aromatic nitrogens is 1. The summed E-state index contributed by atoms with van der Waals surface area (Å²) in [5.74, 6) is 0.215. The number of sulfonamides is 1. The Labute approximate surface area is 183 Å². The third-order valence-corrected chi connectivity index (χ3v) is 7.74. The highest BCUT2D eigenvalue weighted by molar-refractivity contribution is 7.89. The van der Waals surface area contributed by atoms with Crippen molar-refractivity contribution in [1.29, 1.82) is 0 Å². The number of halogens is 1. The number of nitrogens with zero attached hydrogens (tertiary/aromatic N) is 2. The molecule has 0 radical (unpaired) electrons. The van der Waals surface area contributed by atoms with Gasteiger partial charge in [0, 0.05) is 25.2 Å². The van der Waals surface area contributed by atoms with Crippen LogP contribution in [0, 0.1) is 11.8 Å². The number of nitrogens with one attached hydrogen (secondary N) is 1. The summed E-state index contributed by atoms with van der Waals surface area (Å²) in [6.07, 6.45) is 3.26. The standard InChI is InChI=1S/C22H28ClN3O3S/c1-16(2)15-19(17-7-4-3-5-8-17)25-22(27)18-10-13-26(14-11-18)30(28,29)20-9-6-12-24-21(20)23/h3-9,12,16,18-19H,10-11,13-15H2,1-2H3,(H,25,27). The van der Waals surface area contributed by atoms with E-state index in [0.29, 0.717) is 18.8 Å². The molecule has 1 aromatic carbocycles. The monoisotopic (exact) mass is 449 g/mol. The van der Waals surface area contributed by atoms with Crippen molar-refractivity contribution >= 4 is 27.5 Å². The van der Waals surface area contributed by atoms with Gasteiger partial charge in [0.2, 0.25) is 15.9 Å². The number of carbonyl (C=O) groups excluding carboxylic acids is 1. The minimum atomic E-state index is -3.72. The lowest BCUT2D eigenvalue weighted by atomic mass is 9.93. The van der Waals surface area contributed by atoms with E-state index in [1.807, 2.05) is 30.3 Å². The molecular weight excluding hydrogens is 422 g/mol. The lowest BCUT2D eigenvalue weighted by Gasteiger charge is -2.32. The van der Waals surface area contributed by atoms with E-state index in [2.05, 4.69) is 24.1 Å². The van der Waals surface area contributed by atoms with Crippen LogP contribution in [0.3, 0.4) is 0 Å². The van der Waals surface area contributed by atoms with Crippen molar-refractivity contribution in [2.75, 3.05) is 13.1 Å². The quantitative estimate of drug-likeness (QED) is 0.647. The van der Waals surface area contributed by atoms with Crippen LogP contribution in [0.15, 0.2) is 53.6 Å². The molecule has 1 saturated heterocycles. The number of amides is 1. The summed E-state index contributed by atoms with van der Waals surface area (Å²) in [5.41, 5.74) is 1.09. The molecule has 1 fully saturated rings. The number of benzene rings is 1. The van der Waals surface area contributed by atoms with Gasteiger partial charge in [0.05, 0.1) is 6.04 Å². The van der Waals surface area contributed by atoms with Gasteiger partial charge in [0.15, 0.2) is 0 Å². The smallest absolute Gasteiger partial charge is 0.246 e. The molecule has 2 heterocycles. The van der Waals surface area contributed by atoms with Gasteiger partial charge in [0.25, 0.3) is 0 Å². The maximum Gasteiger partial charge on any atom is 0.246 e. The predicted molar refractivity (Wildman–Crippen MR) is 118 cm³/mol. The summed E-state index contributed by atoms with van der Waals surface area (Å²) in [4.78, 5) is 16.8. The number of rotatable bonds is 7. The van der Waals surface area contributed by atoms with E-state index in [1.54, 1.807) is 6.07 Å². The summed E-state index contributed by atoms with van der Waals surface area (Å²) in [5, 5.41) is 3.16. The zero-order valence-electron chi connectivity index (χ0n) is 17.3. The fraction of sp³-hybridized carbons (Fsp3) is 0.455. The summed E-state index contributed by atoms with van der Waals surface area (Å²) >= 11 is 5.98. The fourth-order valence-electron chi connectivity index (χ4n) is 3.79. The van der Waals surface area contributed by atoms with Gasteiger partial charge in [-0.15, -0.1) is 0 Å². The van der Waals surface area contributed by atoms with Crippen LogP contribution in [0.4, 0.5) is 0 Å². The minimum absolute atomic E-state index is 0.00985. The van der Waals surface area contributed by atoms with Gasteiger partial charge in [-0.1, -0.05) is 55.8 Å². The first kappa shape index (κ1) is 22.7. The van der Waals surface area contributed by atoms with Crippen molar-refractivity contribution in [2.24, 2.45) is 11.8 Å². The molecule has 1 amide bonds. The Bertz CT molecular complexity index is 959. The molecule has 1 atom stereocenters. The van der Waals surface area contributed by atoms with E-state index in [-0.39, 0.29) is 41.0 Å². The molecule has 0 aliphatic carbocycles. The zero-order chi connectivity index (χ0) is 21.7. The van der Waals surface area contributed by atoms with E-state index in [4.69, 9.17) is 11.6 Å². The van der Waals surface area contributed by atoms with Crippen LogP contribution < -0.4 is 5.32 Å². The van der Waals surface area contributed by atoms with E-state index in [9.17, 15) is 13.2 Å².